The molecule has 0 radical (unpaired) electrons. The van der Waals surface area contributed by atoms with Crippen molar-refractivity contribution < 1.29 is 14.6 Å². The van der Waals surface area contributed by atoms with Gasteiger partial charge in [0.25, 0.3) is 0 Å². The number of hydrogen-bond acceptors (Lipinski definition) is 6. The van der Waals surface area contributed by atoms with Crippen LogP contribution in [0.15, 0.2) is 72.4 Å². The fraction of sp³-hybridized carbons (Fsp3) is 0.323. The summed E-state index contributed by atoms with van der Waals surface area (Å²) >= 11 is 1.51. The summed E-state index contributed by atoms with van der Waals surface area (Å²) in [7, 11) is 2.13. The number of carboxylic acids is 1. The Hall–Kier alpha value is -3.71. The van der Waals surface area contributed by atoms with Crippen molar-refractivity contribution in [2.45, 2.75) is 58.6 Å². The molecule has 0 saturated heterocycles. The lowest BCUT2D eigenvalue weighted by atomic mass is 9.90. The highest BCUT2D eigenvalue weighted by Gasteiger charge is 2.11. The van der Waals surface area contributed by atoms with E-state index in [1.54, 1.807) is 0 Å². The highest BCUT2D eigenvalue weighted by Crippen LogP contribution is 2.29. The number of benzene rings is 2. The average molecular weight is 530 g/mol. The van der Waals surface area contributed by atoms with Crippen LogP contribution in [0.25, 0.3) is 11.3 Å². The lowest BCUT2D eigenvalue weighted by Gasteiger charge is -2.21. The third-order valence-electron chi connectivity index (χ3n) is 6.62. The number of hydrogen-bond donors (Lipinski definition) is 1. The maximum Gasteiger partial charge on any atom is 0.337 e. The van der Waals surface area contributed by atoms with Crippen LogP contribution in [0.4, 0.5) is 5.69 Å². The fourth-order valence-corrected chi connectivity index (χ4v) is 5.31. The van der Waals surface area contributed by atoms with E-state index in [0.29, 0.717) is 11.7 Å². The molecule has 7 heteroatoms. The van der Waals surface area contributed by atoms with E-state index in [4.69, 9.17) is 9.84 Å². The van der Waals surface area contributed by atoms with Crippen LogP contribution in [0.1, 0.15) is 71.9 Å². The van der Waals surface area contributed by atoms with Gasteiger partial charge in [-0.1, -0.05) is 63.1 Å². The maximum atomic E-state index is 11.1. The summed E-state index contributed by atoms with van der Waals surface area (Å²) in [5.74, 6) is 0.0383. The van der Waals surface area contributed by atoms with E-state index in [0.717, 1.165) is 22.8 Å². The zero-order valence-corrected chi connectivity index (χ0v) is 23.1. The van der Waals surface area contributed by atoms with Crippen LogP contribution in [-0.4, -0.2) is 28.1 Å². The first-order valence-electron chi connectivity index (χ1n) is 13.1. The Morgan fingerprint density at radius 1 is 1.03 bits per heavy atom. The minimum atomic E-state index is -1.03. The summed E-state index contributed by atoms with van der Waals surface area (Å²) in [5, 5.41) is 11.9. The number of carboxylic acid groups (broad SMARTS) is 1. The van der Waals surface area contributed by atoms with Gasteiger partial charge in [-0.15, -0.1) is 11.3 Å². The molecule has 0 fully saturated rings. The number of thiazole rings is 1. The highest BCUT2D eigenvalue weighted by molar-refractivity contribution is 7.09. The van der Waals surface area contributed by atoms with E-state index in [1.807, 2.05) is 5.38 Å². The van der Waals surface area contributed by atoms with Crippen molar-refractivity contribution in [3.63, 3.8) is 0 Å². The first-order chi connectivity index (χ1) is 18.5. The predicted octanol–water partition coefficient (Wildman–Crippen LogP) is 7.80. The van der Waals surface area contributed by atoms with Crippen molar-refractivity contribution in [3.8, 4) is 17.0 Å². The summed E-state index contributed by atoms with van der Waals surface area (Å²) in [6, 6.07) is 19.1. The Labute approximate surface area is 229 Å². The van der Waals surface area contributed by atoms with Gasteiger partial charge in [0.1, 0.15) is 17.4 Å². The first-order valence-corrected chi connectivity index (χ1v) is 14.0. The molecule has 1 N–H and O–H groups in total. The molecule has 0 aliphatic carbocycles. The topological polar surface area (TPSA) is 75.5 Å². The van der Waals surface area contributed by atoms with Crippen LogP contribution in [0, 0.1) is 0 Å². The molecule has 38 heavy (non-hydrogen) atoms. The molecular formula is C31H35N3O3S. The fourth-order valence-electron chi connectivity index (χ4n) is 4.59. The number of aromatic carboxylic acids is 1. The van der Waals surface area contributed by atoms with Crippen LogP contribution in [0.2, 0.25) is 0 Å². The Balaban J connectivity index is 1.34. The molecule has 2 aromatic heterocycles. The molecule has 0 amide bonds. The second kappa shape index (κ2) is 13.2. The average Bonchev–Trinajstić information content (AvgIpc) is 3.41. The van der Waals surface area contributed by atoms with Crippen LogP contribution in [0.3, 0.4) is 0 Å². The predicted molar refractivity (Wildman–Crippen MR) is 154 cm³/mol. The molecular weight excluding hydrogens is 494 g/mol. The quantitative estimate of drug-likeness (QED) is 0.190. The van der Waals surface area contributed by atoms with Gasteiger partial charge in [-0.2, -0.15) is 0 Å². The van der Waals surface area contributed by atoms with Gasteiger partial charge in [0.2, 0.25) is 0 Å². The second-order valence-electron chi connectivity index (χ2n) is 9.55. The number of ether oxygens (including phenoxy) is 1. The van der Waals surface area contributed by atoms with Crippen LogP contribution in [0.5, 0.6) is 5.75 Å². The molecule has 0 spiro atoms. The van der Waals surface area contributed by atoms with Crippen molar-refractivity contribution in [2.24, 2.45) is 0 Å². The molecule has 0 bridgehead atoms. The van der Waals surface area contributed by atoms with Crippen molar-refractivity contribution in [3.05, 3.63) is 94.1 Å². The minimum Gasteiger partial charge on any atom is -0.485 e. The molecule has 0 atom stereocenters. The number of aromatic nitrogens is 2. The SMILES string of the molecule is CCCC(CCC)c1ccc(N(C)Cc2ccc(-c3csc(COc4cncc(C(=O)O)c4)n3)cc2)cc1. The Morgan fingerprint density at radius 3 is 2.39 bits per heavy atom. The molecule has 4 aromatic rings. The zero-order chi connectivity index (χ0) is 26.9. The standard InChI is InChI=1S/C31H35N3O3S/c1-4-6-23(7-5-2)24-12-14-27(15-13-24)34(3)19-22-8-10-25(11-9-22)29-21-38-30(33-29)20-37-28-16-26(31(35)36)17-32-18-28/h8-18,21,23H,4-7,19-20H2,1-3H3,(H,35,36). The number of carbonyl (C=O) groups is 1. The van der Waals surface area contributed by atoms with Gasteiger partial charge >= 0.3 is 5.97 Å². The summed E-state index contributed by atoms with van der Waals surface area (Å²) < 4.78 is 5.70. The monoisotopic (exact) mass is 529 g/mol. The van der Waals surface area contributed by atoms with E-state index in [-0.39, 0.29) is 12.2 Å². The maximum absolute atomic E-state index is 11.1. The third-order valence-corrected chi connectivity index (χ3v) is 7.45. The zero-order valence-electron chi connectivity index (χ0n) is 22.3. The largest absolute Gasteiger partial charge is 0.485 e. The summed E-state index contributed by atoms with van der Waals surface area (Å²) in [4.78, 5) is 22.0. The number of anilines is 1. The highest BCUT2D eigenvalue weighted by atomic mass is 32.1. The molecule has 198 valence electrons. The van der Waals surface area contributed by atoms with Gasteiger partial charge in [-0.25, -0.2) is 9.78 Å². The Bertz CT molecular complexity index is 1310. The van der Waals surface area contributed by atoms with Gasteiger partial charge in [0.15, 0.2) is 0 Å². The molecule has 2 heterocycles. The smallest absolute Gasteiger partial charge is 0.337 e. The Morgan fingerprint density at radius 2 is 1.74 bits per heavy atom. The number of pyridine rings is 1. The number of nitrogens with zero attached hydrogens (tertiary/aromatic N) is 3. The molecule has 6 nitrogen and oxygen atoms in total. The van der Waals surface area contributed by atoms with E-state index >= 15 is 0 Å². The van der Waals surface area contributed by atoms with Gasteiger partial charge < -0.3 is 14.7 Å². The van der Waals surface area contributed by atoms with Gasteiger partial charge in [0, 0.05) is 36.4 Å². The van der Waals surface area contributed by atoms with E-state index in [9.17, 15) is 4.79 Å². The minimum absolute atomic E-state index is 0.0951. The van der Waals surface area contributed by atoms with Crippen LogP contribution >= 0.6 is 11.3 Å². The van der Waals surface area contributed by atoms with Crippen molar-refractivity contribution in [1.29, 1.82) is 0 Å². The lowest BCUT2D eigenvalue weighted by Crippen LogP contribution is -2.16. The molecule has 0 unspecified atom stereocenters. The van der Waals surface area contributed by atoms with E-state index in [2.05, 4.69) is 84.3 Å². The summed E-state index contributed by atoms with van der Waals surface area (Å²) in [6.07, 6.45) is 7.74. The van der Waals surface area contributed by atoms with E-state index in [1.165, 1.54) is 72.3 Å². The molecule has 0 aliphatic heterocycles. The lowest BCUT2D eigenvalue weighted by molar-refractivity contribution is 0.0696. The molecule has 0 aliphatic rings. The second-order valence-corrected chi connectivity index (χ2v) is 10.5. The number of rotatable bonds is 13. The van der Waals surface area contributed by atoms with Crippen molar-refractivity contribution in [2.75, 3.05) is 11.9 Å². The van der Waals surface area contributed by atoms with Crippen molar-refractivity contribution in [1.82, 2.24) is 9.97 Å². The molecule has 0 saturated carbocycles. The first kappa shape index (κ1) is 27.3. The summed E-state index contributed by atoms with van der Waals surface area (Å²) in [6.45, 7) is 5.62. The normalized spacial score (nSPS) is 11.1. The van der Waals surface area contributed by atoms with Gasteiger partial charge in [-0.3, -0.25) is 4.98 Å². The Kier molecular flexibility index (Phi) is 9.49. The van der Waals surface area contributed by atoms with Gasteiger partial charge in [0.05, 0.1) is 17.5 Å². The van der Waals surface area contributed by atoms with Crippen LogP contribution in [-0.2, 0) is 13.2 Å². The van der Waals surface area contributed by atoms with Crippen LogP contribution < -0.4 is 9.64 Å². The molecule has 4 rings (SSSR count). The van der Waals surface area contributed by atoms with Gasteiger partial charge in [-0.05, 0) is 48.1 Å². The summed E-state index contributed by atoms with van der Waals surface area (Å²) in [5.41, 5.74) is 5.95. The molecule has 2 aromatic carbocycles. The van der Waals surface area contributed by atoms with Crippen molar-refractivity contribution >= 4 is 23.0 Å². The third kappa shape index (κ3) is 7.19. The van der Waals surface area contributed by atoms with E-state index < -0.39 is 5.97 Å².